The molecule has 1 aromatic heterocycles. The van der Waals surface area contributed by atoms with Crippen LogP contribution in [-0.2, 0) is 12.3 Å². The Bertz CT molecular complexity index is 349. The maximum Gasteiger partial charge on any atom is 0.277 e. The van der Waals surface area contributed by atoms with E-state index < -0.39 is 17.4 Å². The van der Waals surface area contributed by atoms with Crippen LogP contribution in [-0.4, -0.2) is 4.98 Å². The standard InChI is InChI=1S/C10H10F3N/c11-9-8-7(4-6-14-9)3-1-2-5-10(8,12)13/h4,6H,1-3,5H2. The molecule has 2 rings (SSSR count). The van der Waals surface area contributed by atoms with Gasteiger partial charge < -0.3 is 0 Å². The van der Waals surface area contributed by atoms with Crippen LogP contribution in [0.3, 0.4) is 0 Å². The molecule has 0 N–H and O–H groups in total. The second kappa shape index (κ2) is 3.26. The van der Waals surface area contributed by atoms with Gasteiger partial charge in [-0.3, -0.25) is 0 Å². The average Bonchev–Trinajstić information content (AvgIpc) is 2.25. The number of hydrogen-bond donors (Lipinski definition) is 0. The molecule has 0 radical (unpaired) electrons. The largest absolute Gasteiger partial charge is 0.277 e. The van der Waals surface area contributed by atoms with E-state index in [0.29, 0.717) is 24.8 Å². The SMILES string of the molecule is Fc1nccc2c1C(F)(F)CCCC2. The number of halogens is 3. The summed E-state index contributed by atoms with van der Waals surface area (Å²) in [5, 5.41) is 0. The van der Waals surface area contributed by atoms with Crippen molar-refractivity contribution < 1.29 is 13.2 Å². The van der Waals surface area contributed by atoms with E-state index in [2.05, 4.69) is 4.98 Å². The molecule has 0 spiro atoms. The molecule has 1 aliphatic rings. The fourth-order valence-electron chi connectivity index (χ4n) is 1.85. The zero-order valence-electron chi connectivity index (χ0n) is 7.56. The van der Waals surface area contributed by atoms with E-state index in [9.17, 15) is 13.2 Å². The number of fused-ring (bicyclic) bond motifs is 1. The third-order valence-electron chi connectivity index (χ3n) is 2.54. The number of aryl methyl sites for hydroxylation is 1. The van der Waals surface area contributed by atoms with E-state index in [1.165, 1.54) is 12.3 Å². The van der Waals surface area contributed by atoms with E-state index in [1.54, 1.807) is 0 Å². The van der Waals surface area contributed by atoms with Crippen molar-refractivity contribution in [3.05, 3.63) is 29.3 Å². The molecule has 1 nitrogen and oxygen atoms in total. The van der Waals surface area contributed by atoms with Crippen molar-refractivity contribution in [2.75, 3.05) is 0 Å². The molecule has 0 bridgehead atoms. The molecule has 0 amide bonds. The van der Waals surface area contributed by atoms with Crippen molar-refractivity contribution in [1.29, 1.82) is 0 Å². The summed E-state index contributed by atoms with van der Waals surface area (Å²) < 4.78 is 40.0. The summed E-state index contributed by atoms with van der Waals surface area (Å²) in [5.41, 5.74) is -0.0856. The van der Waals surface area contributed by atoms with Crippen LogP contribution in [0.1, 0.15) is 30.4 Å². The van der Waals surface area contributed by atoms with Gasteiger partial charge in [-0.2, -0.15) is 4.39 Å². The number of aromatic nitrogens is 1. The topological polar surface area (TPSA) is 12.9 Å². The lowest BCUT2D eigenvalue weighted by atomic mass is 10.0. The lowest BCUT2D eigenvalue weighted by molar-refractivity contribution is -0.0177. The number of pyridine rings is 1. The number of alkyl halides is 2. The Balaban J connectivity index is 2.58. The molecule has 0 aromatic carbocycles. The van der Waals surface area contributed by atoms with Gasteiger partial charge in [0.2, 0.25) is 5.95 Å². The molecular formula is C10H10F3N. The predicted molar refractivity (Wildman–Crippen MR) is 45.6 cm³/mol. The van der Waals surface area contributed by atoms with Gasteiger partial charge >= 0.3 is 0 Å². The van der Waals surface area contributed by atoms with Crippen LogP contribution in [0.25, 0.3) is 0 Å². The minimum atomic E-state index is -3.05. The van der Waals surface area contributed by atoms with Gasteiger partial charge in [0.25, 0.3) is 5.92 Å². The lowest BCUT2D eigenvalue weighted by Gasteiger charge is -2.16. The molecule has 1 heterocycles. The minimum absolute atomic E-state index is 0.275. The molecule has 76 valence electrons. The highest BCUT2D eigenvalue weighted by Crippen LogP contribution is 2.39. The zero-order chi connectivity index (χ0) is 10.2. The summed E-state index contributed by atoms with van der Waals surface area (Å²) in [4.78, 5) is 3.28. The van der Waals surface area contributed by atoms with Crippen molar-refractivity contribution >= 4 is 0 Å². The van der Waals surface area contributed by atoms with Crippen LogP contribution in [0.4, 0.5) is 13.2 Å². The Morgan fingerprint density at radius 1 is 1.29 bits per heavy atom. The molecular weight excluding hydrogens is 191 g/mol. The minimum Gasteiger partial charge on any atom is -0.228 e. The lowest BCUT2D eigenvalue weighted by Crippen LogP contribution is -2.16. The number of hydrogen-bond acceptors (Lipinski definition) is 1. The van der Waals surface area contributed by atoms with Crippen molar-refractivity contribution in [3.63, 3.8) is 0 Å². The van der Waals surface area contributed by atoms with E-state index in [4.69, 9.17) is 0 Å². The van der Waals surface area contributed by atoms with Crippen LogP contribution in [0.15, 0.2) is 12.3 Å². The van der Waals surface area contributed by atoms with Crippen LogP contribution >= 0.6 is 0 Å². The Morgan fingerprint density at radius 3 is 2.86 bits per heavy atom. The molecule has 1 aliphatic carbocycles. The third-order valence-corrected chi connectivity index (χ3v) is 2.54. The number of nitrogens with zero attached hydrogens (tertiary/aromatic N) is 1. The van der Waals surface area contributed by atoms with Crippen molar-refractivity contribution in [2.45, 2.75) is 31.6 Å². The van der Waals surface area contributed by atoms with Crippen molar-refractivity contribution in [1.82, 2.24) is 4.98 Å². The van der Waals surface area contributed by atoms with E-state index in [0.717, 1.165) is 0 Å². The Labute approximate surface area is 80.0 Å². The summed E-state index contributed by atoms with van der Waals surface area (Å²) >= 11 is 0. The summed E-state index contributed by atoms with van der Waals surface area (Å²) in [5.74, 6) is -4.07. The average molecular weight is 201 g/mol. The summed E-state index contributed by atoms with van der Waals surface area (Å²) in [6.07, 6.45) is 2.61. The molecule has 0 saturated heterocycles. The Kier molecular flexibility index (Phi) is 2.21. The van der Waals surface area contributed by atoms with Gasteiger partial charge in [0.05, 0.1) is 5.56 Å². The molecule has 4 heteroatoms. The molecule has 0 unspecified atom stereocenters. The first kappa shape index (κ1) is 9.49. The molecule has 14 heavy (non-hydrogen) atoms. The van der Waals surface area contributed by atoms with Gasteiger partial charge in [-0.25, -0.2) is 13.8 Å². The highest BCUT2D eigenvalue weighted by Gasteiger charge is 2.38. The summed E-state index contributed by atoms with van der Waals surface area (Å²) in [7, 11) is 0. The van der Waals surface area contributed by atoms with Gasteiger partial charge in [-0.15, -0.1) is 0 Å². The monoisotopic (exact) mass is 201 g/mol. The van der Waals surface area contributed by atoms with Crippen LogP contribution in [0.2, 0.25) is 0 Å². The maximum atomic E-state index is 13.4. The summed E-state index contributed by atoms with van der Waals surface area (Å²) in [6.45, 7) is 0. The molecule has 0 fully saturated rings. The molecule has 0 atom stereocenters. The normalized spacial score (nSPS) is 19.9. The first-order valence-corrected chi connectivity index (χ1v) is 4.63. The third kappa shape index (κ3) is 1.49. The highest BCUT2D eigenvalue weighted by molar-refractivity contribution is 5.30. The second-order valence-electron chi connectivity index (χ2n) is 3.55. The first-order valence-electron chi connectivity index (χ1n) is 4.63. The van der Waals surface area contributed by atoms with Gasteiger partial charge in [-0.1, -0.05) is 0 Å². The molecule has 0 saturated carbocycles. The van der Waals surface area contributed by atoms with Gasteiger partial charge in [0, 0.05) is 12.6 Å². The van der Waals surface area contributed by atoms with E-state index in [1.807, 2.05) is 0 Å². The quantitative estimate of drug-likeness (QED) is 0.464. The fraction of sp³-hybridized carbons (Fsp3) is 0.500. The predicted octanol–water partition coefficient (Wildman–Crippen LogP) is 3.04. The van der Waals surface area contributed by atoms with E-state index in [-0.39, 0.29) is 6.42 Å². The molecule has 0 aliphatic heterocycles. The van der Waals surface area contributed by atoms with E-state index >= 15 is 0 Å². The fourth-order valence-corrected chi connectivity index (χ4v) is 1.85. The first-order chi connectivity index (χ1) is 6.61. The maximum absolute atomic E-state index is 13.4. The van der Waals surface area contributed by atoms with Crippen LogP contribution < -0.4 is 0 Å². The Hall–Kier alpha value is -1.06. The molecule has 1 aromatic rings. The van der Waals surface area contributed by atoms with Gasteiger partial charge in [-0.05, 0) is 30.9 Å². The van der Waals surface area contributed by atoms with Crippen molar-refractivity contribution in [3.8, 4) is 0 Å². The zero-order valence-corrected chi connectivity index (χ0v) is 7.56. The van der Waals surface area contributed by atoms with Gasteiger partial charge in [0.1, 0.15) is 0 Å². The van der Waals surface area contributed by atoms with Crippen LogP contribution in [0.5, 0.6) is 0 Å². The van der Waals surface area contributed by atoms with Gasteiger partial charge in [0.15, 0.2) is 0 Å². The second-order valence-corrected chi connectivity index (χ2v) is 3.55. The Morgan fingerprint density at radius 2 is 2.07 bits per heavy atom. The smallest absolute Gasteiger partial charge is 0.228 e. The number of rotatable bonds is 0. The summed E-state index contributed by atoms with van der Waals surface area (Å²) in [6, 6.07) is 1.48. The van der Waals surface area contributed by atoms with Crippen molar-refractivity contribution in [2.24, 2.45) is 0 Å². The van der Waals surface area contributed by atoms with Crippen LogP contribution in [0, 0.1) is 5.95 Å². The highest BCUT2D eigenvalue weighted by atomic mass is 19.3.